The molecule has 0 heterocycles. The van der Waals surface area contributed by atoms with Crippen molar-refractivity contribution < 1.29 is 14.8 Å². The molecule has 2 N–H and O–H groups in total. The molecule has 0 spiro atoms. The zero-order valence-electron chi connectivity index (χ0n) is 6.79. The summed E-state index contributed by atoms with van der Waals surface area (Å²) < 4.78 is 6.52. The highest BCUT2D eigenvalue weighted by atomic mass is 127. The molecule has 0 aromatic heterocycles. The maximum Gasteiger partial charge on any atom is 0.493 e. The van der Waals surface area contributed by atoms with E-state index in [-0.39, 0.29) is 0 Å². The highest BCUT2D eigenvalue weighted by Crippen LogP contribution is 2.22. The molecule has 3 nitrogen and oxygen atoms in total. The van der Waals surface area contributed by atoms with Gasteiger partial charge in [-0.1, -0.05) is 15.9 Å². The van der Waals surface area contributed by atoms with E-state index in [0.29, 0.717) is 15.7 Å². The molecule has 0 saturated heterocycles. The second-order valence-corrected chi connectivity index (χ2v) is 4.37. The predicted octanol–water partition coefficient (Wildman–Crippen LogP) is 0.742. The predicted molar refractivity (Wildman–Crippen MR) is 63.2 cm³/mol. The first-order chi connectivity index (χ1) is 6.07. The van der Waals surface area contributed by atoms with E-state index < -0.39 is 7.12 Å². The van der Waals surface area contributed by atoms with Crippen molar-refractivity contribution in [2.24, 2.45) is 0 Å². The summed E-state index contributed by atoms with van der Waals surface area (Å²) in [7, 11) is -0.0328. The fourth-order valence-electron chi connectivity index (χ4n) is 0.997. The summed E-state index contributed by atoms with van der Waals surface area (Å²) in [5.74, 6) is 0.491. The molecule has 0 bridgehead atoms. The van der Waals surface area contributed by atoms with E-state index in [4.69, 9.17) is 14.8 Å². The summed E-state index contributed by atoms with van der Waals surface area (Å²) in [6, 6.07) is 3.58. The van der Waals surface area contributed by atoms with Crippen molar-refractivity contribution in [3.63, 3.8) is 0 Å². The SMILES string of the molecule is COc1c(I)ccc(Br)c1B(O)O. The second-order valence-electron chi connectivity index (χ2n) is 2.35. The summed E-state index contributed by atoms with van der Waals surface area (Å²) in [5, 5.41) is 18.2. The molecule has 0 aliphatic heterocycles. The van der Waals surface area contributed by atoms with E-state index in [2.05, 4.69) is 38.5 Å². The molecule has 13 heavy (non-hydrogen) atoms. The minimum absolute atomic E-state index is 0.356. The molecule has 1 rings (SSSR count). The van der Waals surface area contributed by atoms with Crippen LogP contribution in [-0.2, 0) is 0 Å². The van der Waals surface area contributed by atoms with Crippen molar-refractivity contribution in [3.05, 3.63) is 20.2 Å². The number of halogens is 2. The van der Waals surface area contributed by atoms with Crippen molar-refractivity contribution in [1.82, 2.24) is 0 Å². The summed E-state index contributed by atoms with van der Waals surface area (Å²) in [6.45, 7) is 0. The van der Waals surface area contributed by atoms with Crippen LogP contribution in [0, 0.1) is 3.57 Å². The fourth-order valence-corrected chi connectivity index (χ4v) is 2.20. The summed E-state index contributed by atoms with van der Waals surface area (Å²) in [5.41, 5.74) is 0.356. The first-order valence-electron chi connectivity index (χ1n) is 3.46. The Morgan fingerprint density at radius 3 is 2.46 bits per heavy atom. The molecule has 0 radical (unpaired) electrons. The average Bonchev–Trinajstić information content (AvgIpc) is 2.07. The van der Waals surface area contributed by atoms with Crippen molar-refractivity contribution in [2.45, 2.75) is 0 Å². The average molecular weight is 357 g/mol. The zero-order chi connectivity index (χ0) is 10.0. The number of hydrogen-bond acceptors (Lipinski definition) is 3. The quantitative estimate of drug-likeness (QED) is 0.607. The standard InChI is InChI=1S/C7H7BBrIO3/c1-13-7-5(10)3-2-4(9)6(7)8(11)12/h2-3,11-12H,1H3. The number of ether oxygens (including phenoxy) is 1. The van der Waals surface area contributed by atoms with Gasteiger partial charge >= 0.3 is 7.12 Å². The van der Waals surface area contributed by atoms with Crippen LogP contribution in [0.25, 0.3) is 0 Å². The van der Waals surface area contributed by atoms with E-state index in [0.717, 1.165) is 3.57 Å². The molecule has 0 unspecified atom stereocenters. The zero-order valence-corrected chi connectivity index (χ0v) is 10.5. The van der Waals surface area contributed by atoms with Gasteiger partial charge in [0.25, 0.3) is 0 Å². The lowest BCUT2D eigenvalue weighted by molar-refractivity contribution is 0.401. The fraction of sp³-hybridized carbons (Fsp3) is 0.143. The number of hydrogen-bond donors (Lipinski definition) is 2. The lowest BCUT2D eigenvalue weighted by atomic mass is 9.79. The molecule has 1 aromatic rings. The highest BCUT2D eigenvalue weighted by Gasteiger charge is 2.22. The van der Waals surface area contributed by atoms with Crippen LogP contribution in [0.4, 0.5) is 0 Å². The van der Waals surface area contributed by atoms with Crippen LogP contribution < -0.4 is 10.2 Å². The first-order valence-corrected chi connectivity index (χ1v) is 5.33. The van der Waals surface area contributed by atoms with Crippen LogP contribution in [0.1, 0.15) is 0 Å². The Kier molecular flexibility index (Phi) is 4.02. The first kappa shape index (κ1) is 11.3. The largest absolute Gasteiger partial charge is 0.496 e. The van der Waals surface area contributed by atoms with Gasteiger partial charge in [-0.2, -0.15) is 0 Å². The van der Waals surface area contributed by atoms with E-state index in [1.54, 1.807) is 6.07 Å². The molecule has 6 heteroatoms. The van der Waals surface area contributed by atoms with Gasteiger partial charge in [-0.05, 0) is 34.7 Å². The topological polar surface area (TPSA) is 49.7 Å². The van der Waals surface area contributed by atoms with Gasteiger partial charge in [0.1, 0.15) is 5.75 Å². The normalized spacial score (nSPS) is 9.92. The van der Waals surface area contributed by atoms with E-state index in [1.165, 1.54) is 7.11 Å². The Morgan fingerprint density at radius 2 is 2.08 bits per heavy atom. The van der Waals surface area contributed by atoms with Crippen molar-refractivity contribution in [3.8, 4) is 5.75 Å². The molecule has 1 aromatic carbocycles. The molecule has 0 aliphatic rings. The van der Waals surface area contributed by atoms with Gasteiger partial charge < -0.3 is 14.8 Å². The van der Waals surface area contributed by atoms with Crippen LogP contribution in [0.5, 0.6) is 5.75 Å². The lowest BCUT2D eigenvalue weighted by Gasteiger charge is -2.11. The smallest absolute Gasteiger partial charge is 0.493 e. The maximum absolute atomic E-state index is 9.08. The maximum atomic E-state index is 9.08. The summed E-state index contributed by atoms with van der Waals surface area (Å²) >= 11 is 5.29. The lowest BCUT2D eigenvalue weighted by Crippen LogP contribution is -2.32. The van der Waals surface area contributed by atoms with Crippen molar-refractivity contribution in [1.29, 1.82) is 0 Å². The summed E-state index contributed by atoms with van der Waals surface area (Å²) in [4.78, 5) is 0. The van der Waals surface area contributed by atoms with Crippen LogP contribution in [0.15, 0.2) is 16.6 Å². The molecular formula is C7H7BBrIO3. The minimum atomic E-state index is -1.53. The van der Waals surface area contributed by atoms with E-state index in [1.807, 2.05) is 6.07 Å². The van der Waals surface area contributed by atoms with Crippen LogP contribution in [0.2, 0.25) is 0 Å². The molecule has 0 aliphatic carbocycles. The van der Waals surface area contributed by atoms with Gasteiger partial charge in [0.05, 0.1) is 10.7 Å². The number of benzene rings is 1. The van der Waals surface area contributed by atoms with Gasteiger partial charge in [0, 0.05) is 9.94 Å². The molecular weight excluding hydrogens is 350 g/mol. The van der Waals surface area contributed by atoms with Crippen LogP contribution >= 0.6 is 38.5 Å². The Hall–Kier alpha value is 0.215. The Labute approximate surface area is 98.5 Å². The third-order valence-corrected chi connectivity index (χ3v) is 3.10. The molecule has 0 atom stereocenters. The molecule has 0 fully saturated rings. The van der Waals surface area contributed by atoms with Crippen molar-refractivity contribution in [2.75, 3.05) is 7.11 Å². The Balaban J connectivity index is 3.35. The molecule has 0 saturated carbocycles. The van der Waals surface area contributed by atoms with Crippen LogP contribution in [0.3, 0.4) is 0 Å². The van der Waals surface area contributed by atoms with E-state index in [9.17, 15) is 0 Å². The van der Waals surface area contributed by atoms with Gasteiger partial charge in [-0.3, -0.25) is 0 Å². The highest BCUT2D eigenvalue weighted by molar-refractivity contribution is 14.1. The number of rotatable bonds is 2. The van der Waals surface area contributed by atoms with Gasteiger partial charge in [0.2, 0.25) is 0 Å². The third-order valence-electron chi connectivity index (χ3n) is 1.56. The third kappa shape index (κ3) is 2.36. The Bertz CT molecular complexity index is 319. The van der Waals surface area contributed by atoms with Crippen LogP contribution in [-0.4, -0.2) is 24.3 Å². The molecule has 0 amide bonds. The van der Waals surface area contributed by atoms with E-state index >= 15 is 0 Å². The number of methoxy groups -OCH3 is 1. The Morgan fingerprint density at radius 1 is 1.46 bits per heavy atom. The van der Waals surface area contributed by atoms with Gasteiger partial charge in [0.15, 0.2) is 0 Å². The second kappa shape index (κ2) is 4.63. The van der Waals surface area contributed by atoms with Gasteiger partial charge in [-0.25, -0.2) is 0 Å². The summed E-state index contributed by atoms with van der Waals surface area (Å²) in [6.07, 6.45) is 0. The van der Waals surface area contributed by atoms with Gasteiger partial charge in [-0.15, -0.1) is 0 Å². The van der Waals surface area contributed by atoms with Crippen molar-refractivity contribution >= 4 is 51.1 Å². The monoisotopic (exact) mass is 356 g/mol. The molecule has 70 valence electrons. The minimum Gasteiger partial charge on any atom is -0.496 e.